The van der Waals surface area contributed by atoms with Crippen LogP contribution in [0, 0.1) is 5.92 Å². The summed E-state index contributed by atoms with van der Waals surface area (Å²) in [5.74, 6) is 0.554. The second-order valence-electron chi connectivity index (χ2n) is 6.19. The number of fused-ring (bicyclic) bond motifs is 1. The van der Waals surface area contributed by atoms with Crippen molar-refractivity contribution in [2.45, 2.75) is 38.8 Å². The highest BCUT2D eigenvalue weighted by Gasteiger charge is 2.37. The van der Waals surface area contributed by atoms with Gasteiger partial charge in [0.2, 0.25) is 0 Å². The molecule has 3 rings (SSSR count). The van der Waals surface area contributed by atoms with Gasteiger partial charge in [-0.2, -0.15) is 0 Å². The molecular formula is C19H26N2. The van der Waals surface area contributed by atoms with Crippen LogP contribution in [-0.4, -0.2) is 19.6 Å². The zero-order valence-corrected chi connectivity index (χ0v) is 13.3. The van der Waals surface area contributed by atoms with Crippen molar-refractivity contribution in [3.63, 3.8) is 0 Å². The van der Waals surface area contributed by atoms with Crippen molar-refractivity contribution in [1.29, 1.82) is 0 Å². The SMILES string of the molecule is CCNC1c2ccccc2N(C)C(C2=CCCC=C2)C1C. The molecule has 0 radical (unpaired) electrons. The number of hydrogen-bond acceptors (Lipinski definition) is 2. The number of nitrogens with zero attached hydrogens (tertiary/aromatic N) is 1. The van der Waals surface area contributed by atoms with Gasteiger partial charge in [0.05, 0.1) is 6.04 Å². The second-order valence-corrected chi connectivity index (χ2v) is 6.19. The lowest BCUT2D eigenvalue weighted by Gasteiger charge is -2.46. The Labute approximate surface area is 128 Å². The molecule has 0 amide bonds. The number of para-hydroxylation sites is 1. The topological polar surface area (TPSA) is 15.3 Å². The summed E-state index contributed by atoms with van der Waals surface area (Å²) in [4.78, 5) is 2.47. The van der Waals surface area contributed by atoms with E-state index in [2.05, 4.69) is 73.6 Å². The van der Waals surface area contributed by atoms with Crippen LogP contribution in [0.5, 0.6) is 0 Å². The third-order valence-electron chi connectivity index (χ3n) is 4.88. The number of nitrogens with one attached hydrogen (secondary N) is 1. The molecule has 1 aromatic carbocycles. The molecule has 2 aliphatic rings. The van der Waals surface area contributed by atoms with Gasteiger partial charge in [-0.15, -0.1) is 0 Å². The zero-order valence-electron chi connectivity index (χ0n) is 13.3. The first-order chi connectivity index (χ1) is 10.2. The molecule has 3 unspecified atom stereocenters. The van der Waals surface area contributed by atoms with Gasteiger partial charge in [-0.1, -0.05) is 50.3 Å². The van der Waals surface area contributed by atoms with E-state index in [1.54, 1.807) is 0 Å². The molecule has 1 N–H and O–H groups in total. The first-order valence-corrected chi connectivity index (χ1v) is 8.15. The molecule has 0 fully saturated rings. The maximum absolute atomic E-state index is 3.70. The summed E-state index contributed by atoms with van der Waals surface area (Å²) >= 11 is 0. The largest absolute Gasteiger partial charge is 0.367 e. The van der Waals surface area contributed by atoms with Gasteiger partial charge in [0.1, 0.15) is 0 Å². The van der Waals surface area contributed by atoms with Crippen molar-refractivity contribution in [2.75, 3.05) is 18.5 Å². The number of rotatable bonds is 3. The molecule has 0 aromatic heterocycles. The summed E-state index contributed by atoms with van der Waals surface area (Å²) in [6, 6.07) is 9.73. The average molecular weight is 282 g/mol. The van der Waals surface area contributed by atoms with Gasteiger partial charge in [-0.25, -0.2) is 0 Å². The molecule has 1 aliphatic heterocycles. The Morgan fingerprint density at radius 3 is 2.76 bits per heavy atom. The first kappa shape index (κ1) is 14.4. The van der Waals surface area contributed by atoms with Crippen LogP contribution in [0.15, 0.2) is 48.1 Å². The van der Waals surface area contributed by atoms with Crippen LogP contribution in [0.1, 0.15) is 38.3 Å². The predicted molar refractivity (Wildman–Crippen MR) is 90.7 cm³/mol. The average Bonchev–Trinajstić information content (AvgIpc) is 2.53. The van der Waals surface area contributed by atoms with E-state index in [0.29, 0.717) is 18.0 Å². The fourth-order valence-corrected chi connectivity index (χ4v) is 3.94. The van der Waals surface area contributed by atoms with Crippen molar-refractivity contribution < 1.29 is 0 Å². The number of allylic oxidation sites excluding steroid dienone is 2. The Morgan fingerprint density at radius 2 is 2.05 bits per heavy atom. The minimum Gasteiger partial charge on any atom is -0.367 e. The Bertz CT molecular complexity index is 558. The third-order valence-corrected chi connectivity index (χ3v) is 4.88. The van der Waals surface area contributed by atoms with Crippen LogP contribution in [0.3, 0.4) is 0 Å². The van der Waals surface area contributed by atoms with E-state index >= 15 is 0 Å². The summed E-state index contributed by atoms with van der Waals surface area (Å²) in [6.07, 6.45) is 9.43. The molecule has 2 nitrogen and oxygen atoms in total. The number of benzene rings is 1. The van der Waals surface area contributed by atoms with Gasteiger partial charge in [-0.05, 0) is 36.6 Å². The standard InChI is InChI=1S/C19H26N2/c1-4-20-18-14(2)19(15-10-6-5-7-11-15)21(3)17-13-9-8-12-16(17)18/h6,8-14,18-20H,4-5,7H2,1-3H3. The maximum Gasteiger partial charge on any atom is 0.0579 e. The normalized spacial score (nSPS) is 28.2. The summed E-state index contributed by atoms with van der Waals surface area (Å²) in [5.41, 5.74) is 4.28. The van der Waals surface area contributed by atoms with Crippen LogP contribution in [-0.2, 0) is 0 Å². The van der Waals surface area contributed by atoms with Crippen molar-refractivity contribution in [3.8, 4) is 0 Å². The second kappa shape index (κ2) is 6.07. The Morgan fingerprint density at radius 1 is 1.24 bits per heavy atom. The number of hydrogen-bond donors (Lipinski definition) is 1. The van der Waals surface area contributed by atoms with Crippen molar-refractivity contribution in [1.82, 2.24) is 5.32 Å². The summed E-state index contributed by atoms with van der Waals surface area (Å²) in [7, 11) is 2.24. The molecule has 112 valence electrons. The lowest BCUT2D eigenvalue weighted by molar-refractivity contribution is 0.335. The van der Waals surface area contributed by atoms with Crippen molar-refractivity contribution in [2.24, 2.45) is 5.92 Å². The minimum absolute atomic E-state index is 0.434. The lowest BCUT2D eigenvalue weighted by Crippen LogP contribution is -2.48. The highest BCUT2D eigenvalue weighted by molar-refractivity contribution is 5.60. The quantitative estimate of drug-likeness (QED) is 0.899. The summed E-state index contributed by atoms with van der Waals surface area (Å²) in [5, 5.41) is 3.70. The number of anilines is 1. The van der Waals surface area contributed by atoms with Gasteiger partial charge in [0, 0.05) is 24.7 Å². The van der Waals surface area contributed by atoms with Crippen LogP contribution in [0.2, 0.25) is 0 Å². The van der Waals surface area contributed by atoms with E-state index in [1.807, 2.05) is 0 Å². The molecule has 21 heavy (non-hydrogen) atoms. The Balaban J connectivity index is 2.03. The van der Waals surface area contributed by atoms with Gasteiger partial charge in [-0.3, -0.25) is 0 Å². The molecule has 0 bridgehead atoms. The molecule has 0 saturated heterocycles. The van der Waals surface area contributed by atoms with E-state index in [4.69, 9.17) is 0 Å². The third kappa shape index (κ3) is 2.53. The molecule has 1 aromatic rings. The van der Waals surface area contributed by atoms with Gasteiger partial charge in [0.15, 0.2) is 0 Å². The summed E-state index contributed by atoms with van der Waals surface area (Å²) < 4.78 is 0. The monoisotopic (exact) mass is 282 g/mol. The van der Waals surface area contributed by atoms with Crippen molar-refractivity contribution in [3.05, 3.63) is 53.6 Å². The van der Waals surface area contributed by atoms with Crippen LogP contribution in [0.4, 0.5) is 5.69 Å². The van der Waals surface area contributed by atoms with E-state index in [9.17, 15) is 0 Å². The molecule has 2 heteroatoms. The highest BCUT2D eigenvalue weighted by atomic mass is 15.2. The maximum atomic E-state index is 3.70. The smallest absolute Gasteiger partial charge is 0.0579 e. The Kier molecular flexibility index (Phi) is 4.16. The molecule has 1 heterocycles. The van der Waals surface area contributed by atoms with Crippen LogP contribution < -0.4 is 10.2 Å². The van der Waals surface area contributed by atoms with E-state index in [-0.39, 0.29) is 0 Å². The molecule has 1 aliphatic carbocycles. The van der Waals surface area contributed by atoms with Crippen LogP contribution >= 0.6 is 0 Å². The molecule has 0 spiro atoms. The van der Waals surface area contributed by atoms with Gasteiger partial charge in [0.25, 0.3) is 0 Å². The minimum atomic E-state index is 0.434. The lowest BCUT2D eigenvalue weighted by atomic mass is 9.78. The fourth-order valence-electron chi connectivity index (χ4n) is 3.94. The summed E-state index contributed by atoms with van der Waals surface area (Å²) in [6.45, 7) is 5.59. The van der Waals surface area contributed by atoms with Crippen molar-refractivity contribution >= 4 is 5.69 Å². The zero-order chi connectivity index (χ0) is 14.8. The molecule has 0 saturated carbocycles. The fraction of sp³-hybridized carbons (Fsp3) is 0.474. The van der Waals surface area contributed by atoms with Gasteiger partial charge >= 0.3 is 0 Å². The predicted octanol–water partition coefficient (Wildman–Crippen LogP) is 4.07. The van der Waals surface area contributed by atoms with Gasteiger partial charge < -0.3 is 10.2 Å². The molecular weight excluding hydrogens is 256 g/mol. The van der Waals surface area contributed by atoms with E-state index in [0.717, 1.165) is 6.54 Å². The van der Waals surface area contributed by atoms with E-state index in [1.165, 1.54) is 29.7 Å². The first-order valence-electron chi connectivity index (χ1n) is 8.15. The molecule has 3 atom stereocenters. The Hall–Kier alpha value is -1.54. The van der Waals surface area contributed by atoms with E-state index < -0.39 is 0 Å². The number of likely N-dealkylation sites (N-methyl/N-ethyl adjacent to an activating group) is 1. The van der Waals surface area contributed by atoms with Crippen LogP contribution in [0.25, 0.3) is 0 Å². The highest BCUT2D eigenvalue weighted by Crippen LogP contribution is 2.42.